The lowest BCUT2D eigenvalue weighted by Gasteiger charge is -2.29. The Kier molecular flexibility index (Phi) is 4.63. The lowest BCUT2D eigenvalue weighted by atomic mass is 9.89. The molecular weight excluding hydrogens is 316 g/mol. The molecule has 2 fully saturated rings. The monoisotopic (exact) mass is 342 g/mol. The quantitative estimate of drug-likeness (QED) is 0.882. The fraction of sp³-hybridized carbons (Fsp3) is 0.526. The zero-order valence-electron chi connectivity index (χ0n) is 14.8. The number of morpholine rings is 1. The van der Waals surface area contributed by atoms with Crippen molar-refractivity contribution in [3.05, 3.63) is 30.0 Å². The number of rotatable bonds is 2. The van der Waals surface area contributed by atoms with Crippen LogP contribution in [0.3, 0.4) is 0 Å². The molecule has 0 radical (unpaired) electrons. The van der Waals surface area contributed by atoms with E-state index in [9.17, 15) is 4.79 Å². The largest absolute Gasteiger partial charge is 0.378 e. The van der Waals surface area contributed by atoms with Gasteiger partial charge in [-0.05, 0) is 62.7 Å². The maximum Gasteiger partial charge on any atom is 0.321 e. The SMILES string of the molecule is CN1CCC(c2c[nH]c3ccc(NC(=O)N4CCOCC4)cc23)CC1. The van der Waals surface area contributed by atoms with Gasteiger partial charge in [-0.3, -0.25) is 0 Å². The Morgan fingerprint density at radius 2 is 1.96 bits per heavy atom. The average Bonchev–Trinajstić information content (AvgIpc) is 3.06. The van der Waals surface area contributed by atoms with Gasteiger partial charge in [0.1, 0.15) is 0 Å². The molecule has 2 saturated heterocycles. The van der Waals surface area contributed by atoms with E-state index in [-0.39, 0.29) is 6.03 Å². The molecule has 0 unspecified atom stereocenters. The van der Waals surface area contributed by atoms with Crippen molar-refractivity contribution < 1.29 is 9.53 Å². The zero-order chi connectivity index (χ0) is 17.2. The average molecular weight is 342 g/mol. The molecule has 2 amide bonds. The van der Waals surface area contributed by atoms with Gasteiger partial charge in [-0.1, -0.05) is 0 Å². The topological polar surface area (TPSA) is 60.6 Å². The Labute approximate surface area is 148 Å². The highest BCUT2D eigenvalue weighted by Crippen LogP contribution is 2.34. The van der Waals surface area contributed by atoms with E-state index < -0.39 is 0 Å². The molecule has 4 rings (SSSR count). The molecule has 0 aliphatic carbocycles. The highest BCUT2D eigenvalue weighted by molar-refractivity contribution is 5.94. The van der Waals surface area contributed by atoms with Crippen molar-refractivity contribution in [2.75, 3.05) is 51.8 Å². The summed E-state index contributed by atoms with van der Waals surface area (Å²) in [6.45, 7) is 4.82. The first kappa shape index (κ1) is 16.4. The predicted octanol–water partition coefficient (Wildman–Crippen LogP) is 2.84. The molecular formula is C19H26N4O2. The number of aromatic nitrogens is 1. The van der Waals surface area contributed by atoms with Crippen LogP contribution in [0.4, 0.5) is 10.5 Å². The number of amides is 2. The summed E-state index contributed by atoms with van der Waals surface area (Å²) in [6.07, 6.45) is 4.52. The van der Waals surface area contributed by atoms with Crippen LogP contribution in [0.15, 0.2) is 24.4 Å². The molecule has 0 saturated carbocycles. The summed E-state index contributed by atoms with van der Waals surface area (Å²) in [5.41, 5.74) is 3.38. The zero-order valence-corrected chi connectivity index (χ0v) is 14.8. The Bertz CT molecular complexity index is 743. The van der Waals surface area contributed by atoms with Gasteiger partial charge in [-0.25, -0.2) is 4.79 Å². The summed E-state index contributed by atoms with van der Waals surface area (Å²) in [4.78, 5) is 20.0. The minimum Gasteiger partial charge on any atom is -0.378 e. The maximum absolute atomic E-state index is 12.4. The molecule has 1 aromatic carbocycles. The number of fused-ring (bicyclic) bond motifs is 1. The second-order valence-electron chi connectivity index (χ2n) is 7.11. The molecule has 0 bridgehead atoms. The molecule has 6 heteroatoms. The normalized spacial score (nSPS) is 20.1. The molecule has 2 aliphatic rings. The highest BCUT2D eigenvalue weighted by atomic mass is 16.5. The van der Waals surface area contributed by atoms with Crippen LogP contribution in [0, 0.1) is 0 Å². The summed E-state index contributed by atoms with van der Waals surface area (Å²) in [5.74, 6) is 0.593. The highest BCUT2D eigenvalue weighted by Gasteiger charge is 2.22. The van der Waals surface area contributed by atoms with Gasteiger partial charge in [-0.2, -0.15) is 0 Å². The minimum absolute atomic E-state index is 0.0426. The Morgan fingerprint density at radius 3 is 2.72 bits per heavy atom. The first-order chi connectivity index (χ1) is 12.2. The molecule has 1 aromatic heterocycles. The number of nitrogens with zero attached hydrogens (tertiary/aromatic N) is 2. The number of nitrogens with one attached hydrogen (secondary N) is 2. The van der Waals surface area contributed by atoms with Crippen LogP contribution in [0.5, 0.6) is 0 Å². The number of anilines is 1. The van der Waals surface area contributed by atoms with Gasteiger partial charge in [0.25, 0.3) is 0 Å². The van der Waals surface area contributed by atoms with E-state index in [2.05, 4.69) is 40.6 Å². The van der Waals surface area contributed by atoms with Gasteiger partial charge in [-0.15, -0.1) is 0 Å². The molecule has 0 atom stereocenters. The predicted molar refractivity (Wildman–Crippen MR) is 99.2 cm³/mol. The van der Waals surface area contributed by atoms with E-state index >= 15 is 0 Å². The first-order valence-corrected chi connectivity index (χ1v) is 9.14. The second-order valence-corrected chi connectivity index (χ2v) is 7.11. The van der Waals surface area contributed by atoms with E-state index in [0.717, 1.165) is 24.3 Å². The number of hydrogen-bond acceptors (Lipinski definition) is 3. The summed E-state index contributed by atoms with van der Waals surface area (Å²) >= 11 is 0. The third-order valence-electron chi connectivity index (χ3n) is 5.42. The van der Waals surface area contributed by atoms with E-state index in [4.69, 9.17) is 4.74 Å². The smallest absolute Gasteiger partial charge is 0.321 e. The minimum atomic E-state index is -0.0426. The van der Waals surface area contributed by atoms with Crippen LogP contribution < -0.4 is 5.32 Å². The third-order valence-corrected chi connectivity index (χ3v) is 5.42. The number of carbonyl (C=O) groups excluding carboxylic acids is 1. The fourth-order valence-corrected chi connectivity index (χ4v) is 3.85. The summed E-state index contributed by atoms with van der Waals surface area (Å²) < 4.78 is 5.31. The van der Waals surface area contributed by atoms with E-state index in [0.29, 0.717) is 32.2 Å². The lowest BCUT2D eigenvalue weighted by Crippen LogP contribution is -2.43. The fourth-order valence-electron chi connectivity index (χ4n) is 3.85. The van der Waals surface area contributed by atoms with Gasteiger partial charge in [0, 0.05) is 35.9 Å². The van der Waals surface area contributed by atoms with Gasteiger partial charge in [0.15, 0.2) is 0 Å². The van der Waals surface area contributed by atoms with Crippen LogP contribution in [0.1, 0.15) is 24.3 Å². The van der Waals surface area contributed by atoms with Crippen LogP contribution >= 0.6 is 0 Å². The van der Waals surface area contributed by atoms with Gasteiger partial charge >= 0.3 is 6.03 Å². The van der Waals surface area contributed by atoms with E-state index in [1.165, 1.54) is 23.8 Å². The van der Waals surface area contributed by atoms with Crippen LogP contribution in [-0.4, -0.2) is 67.3 Å². The summed E-state index contributed by atoms with van der Waals surface area (Å²) in [7, 11) is 2.19. The number of H-pyrrole nitrogens is 1. The van der Waals surface area contributed by atoms with Crippen molar-refractivity contribution in [1.29, 1.82) is 0 Å². The van der Waals surface area contributed by atoms with Crippen molar-refractivity contribution in [2.45, 2.75) is 18.8 Å². The van der Waals surface area contributed by atoms with Crippen molar-refractivity contribution in [1.82, 2.24) is 14.8 Å². The van der Waals surface area contributed by atoms with Crippen molar-refractivity contribution in [3.8, 4) is 0 Å². The van der Waals surface area contributed by atoms with Crippen LogP contribution in [-0.2, 0) is 4.74 Å². The summed E-state index contributed by atoms with van der Waals surface area (Å²) in [5, 5.41) is 4.27. The molecule has 6 nitrogen and oxygen atoms in total. The number of likely N-dealkylation sites (tertiary alicyclic amines) is 1. The number of aromatic amines is 1. The number of benzene rings is 1. The molecule has 2 aromatic rings. The van der Waals surface area contributed by atoms with Crippen LogP contribution in [0.2, 0.25) is 0 Å². The van der Waals surface area contributed by atoms with Crippen molar-refractivity contribution in [2.24, 2.45) is 0 Å². The van der Waals surface area contributed by atoms with E-state index in [1.807, 2.05) is 11.0 Å². The standard InChI is InChI=1S/C19H26N4O2/c1-22-6-4-14(5-7-22)17-13-20-18-3-2-15(12-16(17)18)21-19(24)23-8-10-25-11-9-23/h2-3,12-14,20H,4-11H2,1H3,(H,21,24). The Balaban J connectivity index is 1.52. The number of ether oxygens (including phenoxy) is 1. The van der Waals surface area contributed by atoms with Crippen molar-refractivity contribution >= 4 is 22.6 Å². The first-order valence-electron chi connectivity index (χ1n) is 9.14. The summed E-state index contributed by atoms with van der Waals surface area (Å²) in [6, 6.07) is 6.09. The maximum atomic E-state index is 12.4. The van der Waals surface area contributed by atoms with E-state index in [1.54, 1.807) is 0 Å². The van der Waals surface area contributed by atoms with Gasteiger partial charge in [0.2, 0.25) is 0 Å². The van der Waals surface area contributed by atoms with Gasteiger partial charge in [0.05, 0.1) is 13.2 Å². The number of urea groups is 1. The molecule has 25 heavy (non-hydrogen) atoms. The Hall–Kier alpha value is -2.05. The molecule has 2 N–H and O–H groups in total. The Morgan fingerprint density at radius 1 is 1.20 bits per heavy atom. The second kappa shape index (κ2) is 7.06. The molecule has 0 spiro atoms. The number of hydrogen-bond donors (Lipinski definition) is 2. The van der Waals surface area contributed by atoms with Gasteiger partial charge < -0.3 is 24.8 Å². The molecule has 2 aliphatic heterocycles. The number of piperidine rings is 1. The third kappa shape index (κ3) is 3.50. The lowest BCUT2D eigenvalue weighted by molar-refractivity contribution is 0.0564. The molecule has 3 heterocycles. The van der Waals surface area contributed by atoms with Crippen LogP contribution in [0.25, 0.3) is 10.9 Å². The molecule has 134 valence electrons. The number of carbonyl (C=O) groups is 1. The van der Waals surface area contributed by atoms with Crippen molar-refractivity contribution in [3.63, 3.8) is 0 Å².